The van der Waals surface area contributed by atoms with Gasteiger partial charge in [0.25, 0.3) is 5.56 Å². The molecule has 1 aliphatic heterocycles. The number of hydrogen-bond acceptors (Lipinski definition) is 5. The number of halogens is 1. The SMILES string of the molecule is CCC(CNc1nc(C)[nH]c(=O)c1Cl)N1CCOCC1. The molecule has 20 heavy (non-hydrogen) atoms. The maximum Gasteiger partial charge on any atom is 0.271 e. The van der Waals surface area contributed by atoms with Crippen LogP contribution in [0.5, 0.6) is 0 Å². The summed E-state index contributed by atoms with van der Waals surface area (Å²) in [5.41, 5.74) is -0.305. The number of aromatic amines is 1. The summed E-state index contributed by atoms with van der Waals surface area (Å²) in [6, 6.07) is 0.386. The smallest absolute Gasteiger partial charge is 0.271 e. The molecular weight excluding hydrogens is 280 g/mol. The molecule has 6 nitrogen and oxygen atoms in total. The second kappa shape index (κ2) is 7.06. The van der Waals surface area contributed by atoms with E-state index in [-0.39, 0.29) is 10.6 Å². The van der Waals surface area contributed by atoms with Crippen molar-refractivity contribution in [2.45, 2.75) is 26.3 Å². The van der Waals surface area contributed by atoms with Crippen molar-refractivity contribution in [3.8, 4) is 0 Å². The number of rotatable bonds is 5. The molecule has 0 spiro atoms. The van der Waals surface area contributed by atoms with Crippen LogP contribution in [0.25, 0.3) is 0 Å². The lowest BCUT2D eigenvalue weighted by Gasteiger charge is -2.34. The highest BCUT2D eigenvalue weighted by atomic mass is 35.5. The fourth-order valence-electron chi connectivity index (χ4n) is 2.38. The fraction of sp³-hybridized carbons (Fsp3) is 0.692. The van der Waals surface area contributed by atoms with Gasteiger partial charge in [-0.2, -0.15) is 0 Å². The highest BCUT2D eigenvalue weighted by Crippen LogP contribution is 2.15. The Morgan fingerprint density at radius 2 is 2.20 bits per heavy atom. The maximum absolute atomic E-state index is 11.6. The van der Waals surface area contributed by atoms with Gasteiger partial charge in [0.05, 0.1) is 13.2 Å². The van der Waals surface area contributed by atoms with Crippen LogP contribution < -0.4 is 10.9 Å². The summed E-state index contributed by atoms with van der Waals surface area (Å²) in [4.78, 5) is 20.8. The molecule has 7 heteroatoms. The summed E-state index contributed by atoms with van der Waals surface area (Å²) in [6.07, 6.45) is 1.02. The lowest BCUT2D eigenvalue weighted by Crippen LogP contribution is -2.46. The Labute approximate surface area is 123 Å². The van der Waals surface area contributed by atoms with Gasteiger partial charge in [0.1, 0.15) is 10.8 Å². The van der Waals surface area contributed by atoms with Gasteiger partial charge >= 0.3 is 0 Å². The van der Waals surface area contributed by atoms with Gasteiger partial charge in [-0.25, -0.2) is 4.98 Å². The number of morpholine rings is 1. The van der Waals surface area contributed by atoms with Gasteiger partial charge in [0, 0.05) is 25.7 Å². The van der Waals surface area contributed by atoms with Gasteiger partial charge in [0.2, 0.25) is 0 Å². The third kappa shape index (κ3) is 3.71. The lowest BCUT2D eigenvalue weighted by molar-refractivity contribution is 0.0184. The standard InChI is InChI=1S/C13H21ClN4O2/c1-3-10(18-4-6-20-7-5-18)8-15-12-11(14)13(19)17-9(2)16-12/h10H,3-8H2,1-2H3,(H2,15,16,17,19). The number of nitrogens with one attached hydrogen (secondary N) is 2. The molecule has 1 saturated heterocycles. The fourth-order valence-corrected chi connectivity index (χ4v) is 2.53. The molecular formula is C13H21ClN4O2. The first-order valence-corrected chi connectivity index (χ1v) is 7.31. The largest absolute Gasteiger partial charge is 0.379 e. The monoisotopic (exact) mass is 300 g/mol. The minimum atomic E-state index is -0.305. The molecule has 1 atom stereocenters. The Hall–Kier alpha value is -1.11. The van der Waals surface area contributed by atoms with E-state index < -0.39 is 0 Å². The van der Waals surface area contributed by atoms with Crippen molar-refractivity contribution in [3.63, 3.8) is 0 Å². The summed E-state index contributed by atoms with van der Waals surface area (Å²) in [5, 5.41) is 3.32. The molecule has 0 aliphatic carbocycles. The minimum Gasteiger partial charge on any atom is -0.379 e. The van der Waals surface area contributed by atoms with Crippen LogP contribution in [0, 0.1) is 6.92 Å². The van der Waals surface area contributed by atoms with Crippen LogP contribution in [0.15, 0.2) is 4.79 Å². The van der Waals surface area contributed by atoms with Gasteiger partial charge in [-0.1, -0.05) is 18.5 Å². The molecule has 2 N–H and O–H groups in total. The van der Waals surface area contributed by atoms with Crippen molar-refractivity contribution in [2.75, 3.05) is 38.2 Å². The van der Waals surface area contributed by atoms with Gasteiger partial charge < -0.3 is 15.0 Å². The van der Waals surface area contributed by atoms with Crippen molar-refractivity contribution in [1.82, 2.24) is 14.9 Å². The maximum atomic E-state index is 11.6. The van der Waals surface area contributed by atoms with E-state index in [9.17, 15) is 4.79 Å². The number of hydrogen-bond donors (Lipinski definition) is 2. The van der Waals surface area contributed by atoms with Crippen LogP contribution in [0.4, 0.5) is 5.82 Å². The topological polar surface area (TPSA) is 70.2 Å². The summed E-state index contributed by atoms with van der Waals surface area (Å²) >= 11 is 5.98. The average Bonchev–Trinajstić information content (AvgIpc) is 2.45. The lowest BCUT2D eigenvalue weighted by atomic mass is 10.1. The van der Waals surface area contributed by atoms with Gasteiger partial charge in [-0.15, -0.1) is 0 Å². The van der Waals surface area contributed by atoms with Gasteiger partial charge in [-0.05, 0) is 13.3 Å². The Morgan fingerprint density at radius 1 is 1.50 bits per heavy atom. The molecule has 112 valence electrons. The summed E-state index contributed by atoms with van der Waals surface area (Å²) in [5.74, 6) is 1.01. The zero-order chi connectivity index (χ0) is 14.5. The van der Waals surface area contributed by atoms with E-state index in [1.165, 1.54) is 0 Å². The molecule has 1 unspecified atom stereocenters. The van der Waals surface area contributed by atoms with Crippen molar-refractivity contribution in [3.05, 3.63) is 21.2 Å². The molecule has 0 saturated carbocycles. The summed E-state index contributed by atoms with van der Waals surface area (Å²) in [6.45, 7) is 8.04. The predicted octanol–water partition coefficient (Wildman–Crippen LogP) is 1.25. The first kappa shape index (κ1) is 15.3. The third-order valence-corrected chi connectivity index (χ3v) is 3.87. The molecule has 2 rings (SSSR count). The van der Waals surface area contributed by atoms with Crippen LogP contribution in [-0.2, 0) is 4.74 Å². The first-order chi connectivity index (χ1) is 9.61. The Kier molecular flexibility index (Phi) is 5.39. The zero-order valence-corrected chi connectivity index (χ0v) is 12.7. The van der Waals surface area contributed by atoms with Crippen LogP contribution in [0.2, 0.25) is 5.02 Å². The molecule has 1 aromatic heterocycles. The van der Waals surface area contributed by atoms with Gasteiger partial charge in [-0.3, -0.25) is 9.69 Å². The normalized spacial score (nSPS) is 17.9. The summed E-state index contributed by atoms with van der Waals surface area (Å²) < 4.78 is 5.37. The Bertz CT molecular complexity index is 500. The molecule has 1 fully saturated rings. The van der Waals surface area contributed by atoms with Crippen molar-refractivity contribution >= 4 is 17.4 Å². The number of ether oxygens (including phenoxy) is 1. The van der Waals surface area contributed by atoms with Crippen molar-refractivity contribution in [2.24, 2.45) is 0 Å². The highest BCUT2D eigenvalue weighted by molar-refractivity contribution is 6.32. The minimum absolute atomic E-state index is 0.118. The second-order valence-corrected chi connectivity index (χ2v) is 5.28. The van der Waals surface area contributed by atoms with E-state index in [2.05, 4.69) is 27.1 Å². The van der Waals surface area contributed by atoms with E-state index in [4.69, 9.17) is 16.3 Å². The third-order valence-electron chi connectivity index (χ3n) is 3.52. The zero-order valence-electron chi connectivity index (χ0n) is 11.9. The van der Waals surface area contributed by atoms with Crippen LogP contribution in [-0.4, -0.2) is 53.8 Å². The number of aryl methyl sites for hydroxylation is 1. The summed E-state index contributed by atoms with van der Waals surface area (Å²) in [7, 11) is 0. The van der Waals surface area contributed by atoms with Crippen LogP contribution >= 0.6 is 11.6 Å². The quantitative estimate of drug-likeness (QED) is 0.856. The molecule has 0 amide bonds. The van der Waals surface area contributed by atoms with Crippen molar-refractivity contribution < 1.29 is 4.74 Å². The average molecular weight is 301 g/mol. The predicted molar refractivity (Wildman–Crippen MR) is 79.6 cm³/mol. The van der Waals surface area contributed by atoms with Crippen LogP contribution in [0.3, 0.4) is 0 Å². The molecule has 0 radical (unpaired) electrons. The molecule has 1 aliphatic rings. The number of aromatic nitrogens is 2. The second-order valence-electron chi connectivity index (χ2n) is 4.91. The van der Waals surface area contributed by atoms with Crippen LogP contribution in [0.1, 0.15) is 19.2 Å². The van der Waals surface area contributed by atoms with Crippen molar-refractivity contribution in [1.29, 1.82) is 0 Å². The Balaban J connectivity index is 2.01. The Morgan fingerprint density at radius 3 is 2.85 bits per heavy atom. The van der Waals surface area contributed by atoms with E-state index >= 15 is 0 Å². The first-order valence-electron chi connectivity index (χ1n) is 6.94. The van der Waals surface area contributed by atoms with Gasteiger partial charge in [0.15, 0.2) is 5.82 Å². The number of anilines is 1. The molecule has 2 heterocycles. The van der Waals surface area contributed by atoms with E-state index in [1.54, 1.807) is 6.92 Å². The highest BCUT2D eigenvalue weighted by Gasteiger charge is 2.20. The number of nitrogens with zero attached hydrogens (tertiary/aromatic N) is 2. The van der Waals surface area contributed by atoms with E-state index in [1.807, 2.05) is 0 Å². The molecule has 1 aromatic rings. The molecule has 0 aromatic carbocycles. The molecule has 0 bridgehead atoms. The van der Waals surface area contributed by atoms with E-state index in [0.717, 1.165) is 32.7 Å². The number of H-pyrrole nitrogens is 1. The van der Waals surface area contributed by atoms with E-state index in [0.29, 0.717) is 24.2 Å².